The Kier molecular flexibility index (Phi) is 5.32. The van der Waals surface area contributed by atoms with E-state index in [0.29, 0.717) is 13.1 Å². The van der Waals surface area contributed by atoms with Gasteiger partial charge in [-0.05, 0) is 12.8 Å². The maximum Gasteiger partial charge on any atom is 0.305 e. The van der Waals surface area contributed by atoms with Crippen LogP contribution in [0.3, 0.4) is 0 Å². The molecule has 1 aliphatic heterocycles. The molecular formula is C13H22N2O4. The summed E-state index contributed by atoms with van der Waals surface area (Å²) in [7, 11) is 0. The summed E-state index contributed by atoms with van der Waals surface area (Å²) in [4.78, 5) is 36.0. The summed E-state index contributed by atoms with van der Waals surface area (Å²) >= 11 is 0. The molecule has 19 heavy (non-hydrogen) atoms. The number of carboxylic acid groups (broad SMARTS) is 1. The number of rotatable bonds is 6. The number of likely N-dealkylation sites (tertiary alicyclic amines) is 1. The van der Waals surface area contributed by atoms with E-state index in [0.717, 1.165) is 0 Å². The Balaban J connectivity index is 2.58. The van der Waals surface area contributed by atoms with Crippen LogP contribution in [0.2, 0.25) is 0 Å². The van der Waals surface area contributed by atoms with Crippen LogP contribution in [-0.2, 0) is 14.4 Å². The van der Waals surface area contributed by atoms with E-state index in [1.165, 1.54) is 0 Å². The highest BCUT2D eigenvalue weighted by Gasteiger charge is 2.34. The molecule has 0 spiro atoms. The molecule has 1 aliphatic rings. The molecule has 1 heterocycles. The second-order valence-electron chi connectivity index (χ2n) is 5.29. The molecule has 2 unspecified atom stereocenters. The van der Waals surface area contributed by atoms with Crippen molar-refractivity contribution < 1.29 is 19.5 Å². The maximum absolute atomic E-state index is 12.1. The summed E-state index contributed by atoms with van der Waals surface area (Å²) in [5.41, 5.74) is 0. The molecule has 6 heteroatoms. The quantitative estimate of drug-likeness (QED) is 0.734. The molecule has 2 N–H and O–H groups in total. The molecule has 6 nitrogen and oxygen atoms in total. The van der Waals surface area contributed by atoms with Gasteiger partial charge >= 0.3 is 5.97 Å². The summed E-state index contributed by atoms with van der Waals surface area (Å²) < 4.78 is 0. The topological polar surface area (TPSA) is 86.7 Å². The summed E-state index contributed by atoms with van der Waals surface area (Å²) in [5.74, 6) is -1.48. The Morgan fingerprint density at radius 3 is 2.53 bits per heavy atom. The summed E-state index contributed by atoms with van der Waals surface area (Å²) in [6, 6.07) is -0.393. The third-order valence-corrected chi connectivity index (χ3v) is 3.49. The van der Waals surface area contributed by atoms with Crippen LogP contribution >= 0.6 is 0 Å². The fourth-order valence-electron chi connectivity index (χ4n) is 2.20. The SMILES string of the molecule is CCN1CC(C(=O)NC(CC(=O)O)C(C)C)CC1=O. The highest BCUT2D eigenvalue weighted by molar-refractivity contribution is 5.89. The van der Waals surface area contributed by atoms with Crippen molar-refractivity contribution in [2.75, 3.05) is 13.1 Å². The van der Waals surface area contributed by atoms with Gasteiger partial charge in [0.15, 0.2) is 0 Å². The van der Waals surface area contributed by atoms with Gasteiger partial charge in [0.05, 0.1) is 12.3 Å². The zero-order chi connectivity index (χ0) is 14.6. The molecule has 1 rings (SSSR count). The Morgan fingerprint density at radius 2 is 2.11 bits per heavy atom. The molecule has 2 amide bonds. The number of carbonyl (C=O) groups excluding carboxylic acids is 2. The van der Waals surface area contributed by atoms with Gasteiger partial charge in [0, 0.05) is 25.6 Å². The van der Waals surface area contributed by atoms with Crippen molar-refractivity contribution in [3.05, 3.63) is 0 Å². The lowest BCUT2D eigenvalue weighted by atomic mass is 9.99. The van der Waals surface area contributed by atoms with Crippen molar-refractivity contribution in [1.82, 2.24) is 10.2 Å². The number of nitrogens with zero attached hydrogens (tertiary/aromatic N) is 1. The molecule has 1 fully saturated rings. The van der Waals surface area contributed by atoms with Crippen molar-refractivity contribution in [3.8, 4) is 0 Å². The van der Waals surface area contributed by atoms with Crippen molar-refractivity contribution in [3.63, 3.8) is 0 Å². The molecule has 0 aliphatic carbocycles. The number of hydrogen-bond donors (Lipinski definition) is 2. The number of carbonyl (C=O) groups is 3. The molecule has 1 saturated heterocycles. The molecule has 0 aromatic carbocycles. The van der Waals surface area contributed by atoms with Crippen LogP contribution in [-0.4, -0.2) is 46.9 Å². The zero-order valence-corrected chi connectivity index (χ0v) is 11.7. The molecule has 0 saturated carbocycles. The first kappa shape index (κ1) is 15.5. The minimum Gasteiger partial charge on any atom is -0.481 e. The van der Waals surface area contributed by atoms with E-state index in [9.17, 15) is 14.4 Å². The maximum atomic E-state index is 12.1. The first-order chi connectivity index (χ1) is 8.85. The van der Waals surface area contributed by atoms with Crippen molar-refractivity contribution in [1.29, 1.82) is 0 Å². The molecule has 0 aromatic rings. The monoisotopic (exact) mass is 270 g/mol. The number of carboxylic acids is 1. The van der Waals surface area contributed by atoms with E-state index >= 15 is 0 Å². The average molecular weight is 270 g/mol. The van der Waals surface area contributed by atoms with Crippen LogP contribution in [0.25, 0.3) is 0 Å². The van der Waals surface area contributed by atoms with Gasteiger partial charge in [0.2, 0.25) is 11.8 Å². The Bertz CT molecular complexity index is 368. The van der Waals surface area contributed by atoms with E-state index in [1.807, 2.05) is 20.8 Å². The Labute approximate surface area is 113 Å². The second kappa shape index (κ2) is 6.54. The molecule has 0 bridgehead atoms. The van der Waals surface area contributed by atoms with Crippen LogP contribution in [0.4, 0.5) is 0 Å². The van der Waals surface area contributed by atoms with Crippen LogP contribution in [0, 0.1) is 11.8 Å². The van der Waals surface area contributed by atoms with Gasteiger partial charge in [-0.2, -0.15) is 0 Å². The van der Waals surface area contributed by atoms with Crippen LogP contribution in [0.5, 0.6) is 0 Å². The largest absolute Gasteiger partial charge is 0.481 e. The third kappa shape index (κ3) is 4.22. The van der Waals surface area contributed by atoms with Crippen molar-refractivity contribution >= 4 is 17.8 Å². The minimum atomic E-state index is -0.934. The number of nitrogens with one attached hydrogen (secondary N) is 1. The third-order valence-electron chi connectivity index (χ3n) is 3.49. The highest BCUT2D eigenvalue weighted by Crippen LogP contribution is 2.18. The Morgan fingerprint density at radius 1 is 1.47 bits per heavy atom. The van der Waals surface area contributed by atoms with Gasteiger partial charge in [-0.25, -0.2) is 0 Å². The second-order valence-corrected chi connectivity index (χ2v) is 5.29. The first-order valence-corrected chi connectivity index (χ1v) is 6.65. The van der Waals surface area contributed by atoms with E-state index in [4.69, 9.17) is 5.11 Å². The van der Waals surface area contributed by atoms with E-state index in [1.54, 1.807) is 4.90 Å². The first-order valence-electron chi connectivity index (χ1n) is 6.65. The van der Waals surface area contributed by atoms with Crippen LogP contribution in [0.15, 0.2) is 0 Å². The van der Waals surface area contributed by atoms with E-state index < -0.39 is 12.0 Å². The van der Waals surface area contributed by atoms with Crippen LogP contribution < -0.4 is 5.32 Å². The van der Waals surface area contributed by atoms with Gasteiger partial charge in [-0.15, -0.1) is 0 Å². The zero-order valence-electron chi connectivity index (χ0n) is 11.7. The summed E-state index contributed by atoms with van der Waals surface area (Å²) in [6.45, 7) is 6.64. The summed E-state index contributed by atoms with van der Waals surface area (Å²) in [6.07, 6.45) is 0.124. The molecule has 0 radical (unpaired) electrons. The molecule has 108 valence electrons. The number of amides is 2. The summed E-state index contributed by atoms with van der Waals surface area (Å²) in [5, 5.41) is 11.6. The van der Waals surface area contributed by atoms with Gasteiger partial charge in [0.1, 0.15) is 0 Å². The van der Waals surface area contributed by atoms with Crippen molar-refractivity contribution in [2.24, 2.45) is 11.8 Å². The minimum absolute atomic E-state index is 0.0121. The lowest BCUT2D eigenvalue weighted by Gasteiger charge is -2.22. The normalized spacial score (nSPS) is 20.7. The smallest absolute Gasteiger partial charge is 0.305 e. The predicted molar refractivity (Wildman–Crippen MR) is 69.4 cm³/mol. The van der Waals surface area contributed by atoms with Gasteiger partial charge < -0.3 is 15.3 Å². The van der Waals surface area contributed by atoms with Gasteiger partial charge in [-0.3, -0.25) is 14.4 Å². The molecular weight excluding hydrogens is 248 g/mol. The number of hydrogen-bond acceptors (Lipinski definition) is 3. The van der Waals surface area contributed by atoms with E-state index in [-0.39, 0.29) is 36.5 Å². The standard InChI is InChI=1S/C13H22N2O4/c1-4-15-7-9(5-11(15)16)13(19)14-10(8(2)3)6-12(17)18/h8-10H,4-7H2,1-3H3,(H,14,19)(H,17,18). The highest BCUT2D eigenvalue weighted by atomic mass is 16.4. The van der Waals surface area contributed by atoms with Crippen LogP contribution in [0.1, 0.15) is 33.6 Å². The van der Waals surface area contributed by atoms with E-state index in [2.05, 4.69) is 5.32 Å². The Hall–Kier alpha value is -1.59. The fraction of sp³-hybridized carbons (Fsp3) is 0.769. The van der Waals surface area contributed by atoms with Gasteiger partial charge in [-0.1, -0.05) is 13.8 Å². The lowest BCUT2D eigenvalue weighted by Crippen LogP contribution is -2.43. The van der Waals surface area contributed by atoms with Gasteiger partial charge in [0.25, 0.3) is 0 Å². The average Bonchev–Trinajstić information content (AvgIpc) is 2.69. The number of aliphatic carboxylic acids is 1. The molecule has 2 atom stereocenters. The van der Waals surface area contributed by atoms with Crippen molar-refractivity contribution in [2.45, 2.75) is 39.7 Å². The molecule has 0 aromatic heterocycles. The fourth-order valence-corrected chi connectivity index (χ4v) is 2.20. The predicted octanol–water partition coefficient (Wildman–Crippen LogP) is 0.470. The lowest BCUT2D eigenvalue weighted by molar-refractivity contribution is -0.138.